The summed E-state index contributed by atoms with van der Waals surface area (Å²) in [7, 11) is 0. The molecule has 0 amide bonds. The third-order valence-electron chi connectivity index (χ3n) is 3.35. The fourth-order valence-corrected chi connectivity index (χ4v) is 2.36. The molecule has 20 heavy (non-hydrogen) atoms. The van der Waals surface area contributed by atoms with E-state index >= 15 is 0 Å². The van der Waals surface area contributed by atoms with Crippen LogP contribution in [0.3, 0.4) is 0 Å². The minimum Gasteiger partial charge on any atom is -0.488 e. The molecule has 0 saturated heterocycles. The Hall–Kier alpha value is -2.37. The number of aromatic amines is 1. The van der Waals surface area contributed by atoms with Gasteiger partial charge in [0.25, 0.3) is 5.56 Å². The molecule has 1 N–H and O–H groups in total. The second-order valence-corrected chi connectivity index (χ2v) is 4.92. The number of aromatic nitrogens is 2. The maximum atomic E-state index is 13.1. The number of hydrogen-bond donors (Lipinski definition) is 1. The summed E-state index contributed by atoms with van der Waals surface area (Å²) in [6.45, 7) is 1.95. The van der Waals surface area contributed by atoms with Crippen molar-refractivity contribution in [2.24, 2.45) is 0 Å². The highest BCUT2D eigenvalue weighted by molar-refractivity contribution is 5.37. The molecule has 5 nitrogen and oxygen atoms in total. The van der Waals surface area contributed by atoms with Gasteiger partial charge in [-0.3, -0.25) is 14.3 Å². The van der Waals surface area contributed by atoms with Crippen LogP contribution in [0, 0.1) is 12.7 Å². The SMILES string of the molecule is Cc1cn(CC2Cc3cc(F)ccc3O2)c(=O)[nH]c1=O. The first-order valence-corrected chi connectivity index (χ1v) is 6.28. The Kier molecular flexibility index (Phi) is 2.93. The zero-order chi connectivity index (χ0) is 14.3. The number of H-pyrrole nitrogens is 1. The van der Waals surface area contributed by atoms with E-state index in [1.165, 1.54) is 22.9 Å². The van der Waals surface area contributed by atoms with Gasteiger partial charge in [-0.2, -0.15) is 0 Å². The fraction of sp³-hybridized carbons (Fsp3) is 0.286. The van der Waals surface area contributed by atoms with Crippen LogP contribution in [0.25, 0.3) is 0 Å². The maximum absolute atomic E-state index is 13.1. The van der Waals surface area contributed by atoms with Crippen molar-refractivity contribution < 1.29 is 9.13 Å². The summed E-state index contributed by atoms with van der Waals surface area (Å²) in [4.78, 5) is 25.2. The van der Waals surface area contributed by atoms with E-state index in [2.05, 4.69) is 4.98 Å². The molecule has 0 saturated carbocycles. The summed E-state index contributed by atoms with van der Waals surface area (Å²) < 4.78 is 20.2. The van der Waals surface area contributed by atoms with Crippen molar-refractivity contribution in [3.05, 3.63) is 62.2 Å². The molecule has 6 heteroatoms. The van der Waals surface area contributed by atoms with Crippen molar-refractivity contribution in [3.63, 3.8) is 0 Å². The number of nitrogens with zero attached hydrogens (tertiary/aromatic N) is 1. The molecule has 0 aliphatic carbocycles. The number of nitrogens with one attached hydrogen (secondary N) is 1. The first-order chi connectivity index (χ1) is 9.52. The van der Waals surface area contributed by atoms with E-state index in [0.717, 1.165) is 5.56 Å². The quantitative estimate of drug-likeness (QED) is 0.889. The Bertz CT molecular complexity index is 779. The van der Waals surface area contributed by atoms with Crippen LogP contribution in [0.4, 0.5) is 4.39 Å². The Labute approximate surface area is 113 Å². The number of fused-ring (bicyclic) bond motifs is 1. The van der Waals surface area contributed by atoms with Gasteiger partial charge in [-0.25, -0.2) is 9.18 Å². The molecule has 1 aromatic heterocycles. The number of rotatable bonds is 2. The molecule has 1 aromatic carbocycles. The first kappa shape index (κ1) is 12.7. The third kappa shape index (κ3) is 2.24. The van der Waals surface area contributed by atoms with Gasteiger partial charge in [0, 0.05) is 23.7 Å². The van der Waals surface area contributed by atoms with Gasteiger partial charge in [0.2, 0.25) is 0 Å². The molecule has 0 fully saturated rings. The summed E-state index contributed by atoms with van der Waals surface area (Å²) in [6.07, 6.45) is 1.81. The summed E-state index contributed by atoms with van der Waals surface area (Å²) in [5, 5.41) is 0. The summed E-state index contributed by atoms with van der Waals surface area (Å²) >= 11 is 0. The topological polar surface area (TPSA) is 64.1 Å². The zero-order valence-electron chi connectivity index (χ0n) is 10.9. The average molecular weight is 276 g/mol. The van der Waals surface area contributed by atoms with Gasteiger partial charge in [-0.15, -0.1) is 0 Å². The maximum Gasteiger partial charge on any atom is 0.328 e. The lowest BCUT2D eigenvalue weighted by atomic mass is 10.1. The predicted molar refractivity (Wildman–Crippen MR) is 70.6 cm³/mol. The minimum absolute atomic E-state index is 0.241. The molecule has 1 aliphatic rings. The van der Waals surface area contributed by atoms with Gasteiger partial charge in [0.15, 0.2) is 0 Å². The highest BCUT2D eigenvalue weighted by Crippen LogP contribution is 2.29. The second-order valence-electron chi connectivity index (χ2n) is 4.92. The molecule has 3 rings (SSSR count). The van der Waals surface area contributed by atoms with E-state index in [0.29, 0.717) is 24.3 Å². The molecule has 1 atom stereocenters. The molecule has 104 valence electrons. The van der Waals surface area contributed by atoms with Gasteiger partial charge in [-0.1, -0.05) is 0 Å². The zero-order valence-corrected chi connectivity index (χ0v) is 10.9. The molecule has 2 aromatic rings. The van der Waals surface area contributed by atoms with E-state index in [9.17, 15) is 14.0 Å². The number of aryl methyl sites for hydroxylation is 1. The van der Waals surface area contributed by atoms with E-state index in [1.807, 2.05) is 0 Å². The monoisotopic (exact) mass is 276 g/mol. The lowest BCUT2D eigenvalue weighted by Gasteiger charge is -2.12. The van der Waals surface area contributed by atoms with E-state index in [1.54, 1.807) is 13.0 Å². The predicted octanol–water partition coefficient (Wildman–Crippen LogP) is 0.988. The van der Waals surface area contributed by atoms with Crippen molar-refractivity contribution in [1.29, 1.82) is 0 Å². The summed E-state index contributed by atoms with van der Waals surface area (Å²) in [6, 6.07) is 4.37. The minimum atomic E-state index is -0.466. The summed E-state index contributed by atoms with van der Waals surface area (Å²) in [5.41, 5.74) is 0.408. The van der Waals surface area contributed by atoms with Gasteiger partial charge in [0.05, 0.1) is 6.54 Å². The van der Waals surface area contributed by atoms with Crippen LogP contribution in [0.15, 0.2) is 34.0 Å². The highest BCUT2D eigenvalue weighted by atomic mass is 19.1. The Morgan fingerprint density at radius 3 is 3.05 bits per heavy atom. The lowest BCUT2D eigenvalue weighted by molar-refractivity contribution is 0.206. The van der Waals surface area contributed by atoms with Crippen molar-refractivity contribution in [1.82, 2.24) is 9.55 Å². The number of ether oxygens (including phenoxy) is 1. The third-order valence-corrected chi connectivity index (χ3v) is 3.35. The fourth-order valence-electron chi connectivity index (χ4n) is 2.36. The molecule has 1 unspecified atom stereocenters. The van der Waals surface area contributed by atoms with Crippen LogP contribution >= 0.6 is 0 Å². The molecule has 0 spiro atoms. The lowest BCUT2D eigenvalue weighted by Crippen LogP contribution is -2.35. The summed E-state index contributed by atoms with van der Waals surface area (Å²) in [5.74, 6) is 0.343. The molecule has 1 aliphatic heterocycles. The van der Waals surface area contributed by atoms with Crippen LogP contribution in [0.1, 0.15) is 11.1 Å². The van der Waals surface area contributed by atoms with Gasteiger partial charge >= 0.3 is 5.69 Å². The smallest absolute Gasteiger partial charge is 0.328 e. The molecule has 0 bridgehead atoms. The second kappa shape index (κ2) is 4.63. The number of benzene rings is 1. The van der Waals surface area contributed by atoms with E-state index < -0.39 is 5.69 Å². The molecule has 0 radical (unpaired) electrons. The average Bonchev–Trinajstić information content (AvgIpc) is 2.77. The normalized spacial score (nSPS) is 16.8. The Morgan fingerprint density at radius 1 is 1.45 bits per heavy atom. The van der Waals surface area contributed by atoms with Gasteiger partial charge in [-0.05, 0) is 25.1 Å². The Balaban J connectivity index is 1.83. The molecular formula is C14H13FN2O3. The van der Waals surface area contributed by atoms with Crippen LogP contribution < -0.4 is 16.0 Å². The molecule has 2 heterocycles. The molecular weight excluding hydrogens is 263 g/mol. The van der Waals surface area contributed by atoms with Crippen molar-refractivity contribution >= 4 is 0 Å². The number of hydrogen-bond acceptors (Lipinski definition) is 3. The largest absolute Gasteiger partial charge is 0.488 e. The number of halogens is 1. The standard InChI is InChI=1S/C14H13FN2O3/c1-8-6-17(14(19)16-13(8)18)7-11-5-9-4-10(15)2-3-12(9)20-11/h2-4,6,11H,5,7H2,1H3,(H,16,18,19). The van der Waals surface area contributed by atoms with Crippen LogP contribution in [-0.2, 0) is 13.0 Å². The van der Waals surface area contributed by atoms with Gasteiger partial charge in [0.1, 0.15) is 17.7 Å². The van der Waals surface area contributed by atoms with E-state index in [4.69, 9.17) is 4.74 Å². The van der Waals surface area contributed by atoms with Gasteiger partial charge < -0.3 is 4.74 Å². The van der Waals surface area contributed by atoms with Crippen molar-refractivity contribution in [2.45, 2.75) is 26.0 Å². The van der Waals surface area contributed by atoms with Crippen LogP contribution in [-0.4, -0.2) is 15.7 Å². The van der Waals surface area contributed by atoms with E-state index in [-0.39, 0.29) is 17.5 Å². The first-order valence-electron chi connectivity index (χ1n) is 6.28. The van der Waals surface area contributed by atoms with Crippen LogP contribution in [0.2, 0.25) is 0 Å². The van der Waals surface area contributed by atoms with Crippen molar-refractivity contribution in [2.75, 3.05) is 0 Å². The van der Waals surface area contributed by atoms with Crippen molar-refractivity contribution in [3.8, 4) is 5.75 Å². The Morgan fingerprint density at radius 2 is 2.25 bits per heavy atom. The van der Waals surface area contributed by atoms with Crippen LogP contribution in [0.5, 0.6) is 5.75 Å². The highest BCUT2D eigenvalue weighted by Gasteiger charge is 2.24.